The molecule has 3 aromatic rings. The van der Waals surface area contributed by atoms with Crippen molar-refractivity contribution in [1.82, 2.24) is 14.7 Å². The van der Waals surface area contributed by atoms with Crippen molar-refractivity contribution in [3.05, 3.63) is 51.8 Å². The van der Waals surface area contributed by atoms with Gasteiger partial charge in [0.05, 0.1) is 17.5 Å². The first-order valence-electron chi connectivity index (χ1n) is 10.00. The van der Waals surface area contributed by atoms with E-state index in [9.17, 15) is 9.59 Å². The maximum absolute atomic E-state index is 12.9. The van der Waals surface area contributed by atoms with E-state index in [2.05, 4.69) is 5.10 Å². The molecule has 8 nitrogen and oxygen atoms in total. The third kappa shape index (κ3) is 3.60. The fraction of sp³-hybridized carbons (Fsp3) is 0.381. The second-order valence-electron chi connectivity index (χ2n) is 7.27. The van der Waals surface area contributed by atoms with Gasteiger partial charge in [0, 0.05) is 13.0 Å². The molecule has 0 radical (unpaired) electrons. The highest BCUT2D eigenvalue weighted by molar-refractivity contribution is 7.13. The summed E-state index contributed by atoms with van der Waals surface area (Å²) in [7, 11) is 0. The van der Waals surface area contributed by atoms with Gasteiger partial charge in [0.15, 0.2) is 11.5 Å². The summed E-state index contributed by atoms with van der Waals surface area (Å²) in [5.41, 5.74) is 1.05. The number of rotatable bonds is 5. The highest BCUT2D eigenvalue weighted by Gasteiger charge is 2.30. The van der Waals surface area contributed by atoms with Crippen LogP contribution < -0.4 is 15.2 Å². The van der Waals surface area contributed by atoms with Crippen LogP contribution in [0.5, 0.6) is 11.5 Å². The number of fused-ring (bicyclic) bond motifs is 1. The first-order valence-corrected chi connectivity index (χ1v) is 10.9. The van der Waals surface area contributed by atoms with E-state index in [1.165, 1.54) is 16.0 Å². The number of aromatic nitrogens is 2. The molecule has 156 valence electrons. The SMILES string of the molecule is O=C(CCn1nc(-c2cccs2)oc1=O)N1CCC[C@@H]1c1ccc2c(c1)OCCO2. The van der Waals surface area contributed by atoms with E-state index < -0.39 is 5.76 Å². The molecule has 30 heavy (non-hydrogen) atoms. The minimum absolute atomic E-state index is 0.0000346. The smallest absolute Gasteiger partial charge is 0.437 e. The van der Waals surface area contributed by atoms with Gasteiger partial charge in [-0.1, -0.05) is 12.1 Å². The summed E-state index contributed by atoms with van der Waals surface area (Å²) in [6, 6.07) is 9.59. The number of nitrogens with zero attached hydrogens (tertiary/aromatic N) is 3. The molecule has 0 spiro atoms. The highest BCUT2D eigenvalue weighted by Crippen LogP contribution is 2.38. The van der Waals surface area contributed by atoms with Gasteiger partial charge in [-0.3, -0.25) is 4.79 Å². The van der Waals surface area contributed by atoms with Crippen LogP contribution in [0, 0.1) is 0 Å². The van der Waals surface area contributed by atoms with Crippen LogP contribution in [0.4, 0.5) is 0 Å². The summed E-state index contributed by atoms with van der Waals surface area (Å²) >= 11 is 1.45. The third-order valence-electron chi connectivity index (χ3n) is 5.40. The van der Waals surface area contributed by atoms with Crippen LogP contribution in [-0.2, 0) is 11.3 Å². The minimum Gasteiger partial charge on any atom is -0.486 e. The van der Waals surface area contributed by atoms with E-state index in [1.54, 1.807) is 0 Å². The lowest BCUT2D eigenvalue weighted by Crippen LogP contribution is -2.32. The second-order valence-corrected chi connectivity index (χ2v) is 8.22. The lowest BCUT2D eigenvalue weighted by molar-refractivity contribution is -0.132. The van der Waals surface area contributed by atoms with Gasteiger partial charge in [-0.15, -0.1) is 16.4 Å². The Kier molecular flexibility index (Phi) is 5.04. The van der Waals surface area contributed by atoms with E-state index in [4.69, 9.17) is 13.9 Å². The Morgan fingerprint density at radius 2 is 2.07 bits per heavy atom. The maximum Gasteiger partial charge on any atom is 0.437 e. The molecule has 1 amide bonds. The normalized spacial score (nSPS) is 18.0. The number of carbonyl (C=O) groups is 1. The molecule has 2 aliphatic rings. The minimum atomic E-state index is -0.545. The Balaban J connectivity index is 1.27. The van der Waals surface area contributed by atoms with Crippen molar-refractivity contribution in [1.29, 1.82) is 0 Å². The van der Waals surface area contributed by atoms with Gasteiger partial charge >= 0.3 is 5.76 Å². The van der Waals surface area contributed by atoms with Gasteiger partial charge in [-0.05, 0) is 42.0 Å². The van der Waals surface area contributed by atoms with Crippen molar-refractivity contribution in [2.75, 3.05) is 19.8 Å². The number of hydrogen-bond donors (Lipinski definition) is 0. The first-order chi connectivity index (χ1) is 14.7. The van der Waals surface area contributed by atoms with Crippen LogP contribution in [0.15, 0.2) is 44.9 Å². The lowest BCUT2D eigenvalue weighted by Gasteiger charge is -2.26. The van der Waals surface area contributed by atoms with E-state index in [0.29, 0.717) is 19.8 Å². The maximum atomic E-state index is 12.9. The van der Waals surface area contributed by atoms with Gasteiger partial charge < -0.3 is 18.8 Å². The summed E-state index contributed by atoms with van der Waals surface area (Å²) in [5.74, 6) is 1.22. The number of ether oxygens (including phenoxy) is 2. The Morgan fingerprint density at radius 3 is 2.90 bits per heavy atom. The van der Waals surface area contributed by atoms with Crippen molar-refractivity contribution < 1.29 is 18.7 Å². The van der Waals surface area contributed by atoms with Crippen molar-refractivity contribution in [2.45, 2.75) is 31.8 Å². The molecule has 1 aromatic carbocycles. The Bertz CT molecular complexity index is 1100. The summed E-state index contributed by atoms with van der Waals surface area (Å²) < 4.78 is 17.7. The van der Waals surface area contributed by atoms with E-state index in [0.717, 1.165) is 34.8 Å². The number of hydrogen-bond acceptors (Lipinski definition) is 7. The Hall–Kier alpha value is -3.07. The van der Waals surface area contributed by atoms with Crippen molar-refractivity contribution in [3.63, 3.8) is 0 Å². The molecule has 1 saturated heterocycles. The van der Waals surface area contributed by atoms with Crippen molar-refractivity contribution in [3.8, 4) is 22.3 Å². The molecule has 0 aliphatic carbocycles. The van der Waals surface area contributed by atoms with E-state index in [-0.39, 0.29) is 30.8 Å². The standard InChI is InChI=1S/C21H21N3O5S/c25-19(7-9-24-21(26)29-20(22-24)18-4-2-12-30-18)23-8-1-3-15(23)14-5-6-16-17(13-14)28-11-10-27-16/h2,4-6,12-13,15H,1,3,7-11H2/t15-/m1/s1. The van der Waals surface area contributed by atoms with Crippen LogP contribution in [0.3, 0.4) is 0 Å². The number of amides is 1. The molecule has 2 aromatic heterocycles. The highest BCUT2D eigenvalue weighted by atomic mass is 32.1. The van der Waals surface area contributed by atoms with Crippen molar-refractivity contribution >= 4 is 17.2 Å². The topological polar surface area (TPSA) is 86.8 Å². The van der Waals surface area contributed by atoms with Crippen LogP contribution in [-0.4, -0.2) is 40.3 Å². The number of carbonyl (C=O) groups excluding carboxylic acids is 1. The number of aryl methyl sites for hydroxylation is 1. The molecular formula is C21H21N3O5S. The Morgan fingerprint density at radius 1 is 1.20 bits per heavy atom. The molecule has 0 unspecified atom stereocenters. The molecule has 1 atom stereocenters. The van der Waals surface area contributed by atoms with E-state index in [1.807, 2.05) is 40.6 Å². The van der Waals surface area contributed by atoms with Gasteiger partial charge in [0.25, 0.3) is 5.89 Å². The van der Waals surface area contributed by atoms with Gasteiger partial charge in [0.2, 0.25) is 5.91 Å². The summed E-state index contributed by atoms with van der Waals surface area (Å²) in [5, 5.41) is 6.12. The largest absolute Gasteiger partial charge is 0.486 e. The Labute approximate surface area is 176 Å². The summed E-state index contributed by atoms with van der Waals surface area (Å²) in [6.45, 7) is 1.97. The fourth-order valence-corrected chi connectivity index (χ4v) is 4.62. The third-order valence-corrected chi connectivity index (χ3v) is 6.26. The molecule has 0 bridgehead atoms. The lowest BCUT2D eigenvalue weighted by atomic mass is 10.0. The summed E-state index contributed by atoms with van der Waals surface area (Å²) in [4.78, 5) is 27.7. The molecule has 5 rings (SSSR count). The molecule has 2 aliphatic heterocycles. The van der Waals surface area contributed by atoms with Crippen LogP contribution in [0.25, 0.3) is 10.8 Å². The van der Waals surface area contributed by atoms with Gasteiger partial charge in [0.1, 0.15) is 13.2 Å². The van der Waals surface area contributed by atoms with Crippen LogP contribution in [0.1, 0.15) is 30.9 Å². The van der Waals surface area contributed by atoms with E-state index >= 15 is 0 Å². The zero-order valence-electron chi connectivity index (χ0n) is 16.3. The zero-order chi connectivity index (χ0) is 20.5. The number of thiophene rings is 1. The first kappa shape index (κ1) is 18.9. The zero-order valence-corrected chi connectivity index (χ0v) is 17.1. The average Bonchev–Trinajstić information content (AvgIpc) is 3.52. The fourth-order valence-electron chi connectivity index (χ4n) is 3.97. The summed E-state index contributed by atoms with van der Waals surface area (Å²) in [6.07, 6.45) is 2.03. The number of likely N-dealkylation sites (tertiary alicyclic amines) is 1. The van der Waals surface area contributed by atoms with Gasteiger partial charge in [-0.2, -0.15) is 4.68 Å². The molecule has 4 heterocycles. The van der Waals surface area contributed by atoms with Gasteiger partial charge in [-0.25, -0.2) is 4.79 Å². The molecule has 1 fully saturated rings. The molecule has 0 saturated carbocycles. The van der Waals surface area contributed by atoms with Crippen molar-refractivity contribution in [2.24, 2.45) is 0 Å². The van der Waals surface area contributed by atoms with Crippen LogP contribution >= 0.6 is 11.3 Å². The molecular weight excluding hydrogens is 406 g/mol. The predicted molar refractivity (Wildman–Crippen MR) is 110 cm³/mol. The monoisotopic (exact) mass is 427 g/mol. The molecule has 9 heteroatoms. The predicted octanol–water partition coefficient (Wildman–Crippen LogP) is 3.09. The van der Waals surface area contributed by atoms with Crippen LogP contribution in [0.2, 0.25) is 0 Å². The molecule has 0 N–H and O–H groups in total. The average molecular weight is 427 g/mol. The second kappa shape index (κ2) is 7.98. The quantitative estimate of drug-likeness (QED) is 0.622. The number of benzene rings is 1.